The highest BCUT2D eigenvalue weighted by atomic mass is 79.9. The topological polar surface area (TPSA) is 0 Å². The molecule has 0 spiro atoms. The largest absolute Gasteiger partial charge is 0.426 e. The number of alkyl halides is 3. The minimum Gasteiger partial charge on any atom is -0.165 e. The van der Waals surface area contributed by atoms with Gasteiger partial charge >= 0.3 is 6.18 Å². The molecule has 0 aliphatic carbocycles. The summed E-state index contributed by atoms with van der Waals surface area (Å²) in [6.45, 7) is 0. The molecule has 0 fully saturated rings. The molecule has 1 aromatic carbocycles. The van der Waals surface area contributed by atoms with E-state index in [1.165, 1.54) is 12.1 Å². The van der Waals surface area contributed by atoms with Crippen LogP contribution >= 0.6 is 27.5 Å². The predicted octanol–water partition coefficient (Wildman–Crippen LogP) is 4.59. The van der Waals surface area contributed by atoms with Crippen molar-refractivity contribution < 1.29 is 13.2 Å². The number of hydrogen-bond donors (Lipinski definition) is 0. The van der Waals surface area contributed by atoms with Gasteiger partial charge in [0, 0.05) is 4.47 Å². The van der Waals surface area contributed by atoms with Gasteiger partial charge in [0.2, 0.25) is 0 Å². The third-order valence-corrected chi connectivity index (χ3v) is 2.29. The van der Waals surface area contributed by atoms with E-state index in [1.807, 2.05) is 0 Å². The normalized spacial score (nSPS) is 13.1. The van der Waals surface area contributed by atoms with Crippen molar-refractivity contribution in [3.63, 3.8) is 0 Å². The van der Waals surface area contributed by atoms with Gasteiger partial charge in [0.25, 0.3) is 0 Å². The number of rotatable bonds is 1. The lowest BCUT2D eigenvalue weighted by atomic mass is 10.2. The fraction of sp³-hybridized carbons (Fsp3) is 0.111. The van der Waals surface area contributed by atoms with E-state index in [4.69, 9.17) is 11.6 Å². The molecular weight excluding hydrogens is 280 g/mol. The summed E-state index contributed by atoms with van der Waals surface area (Å²) in [5.74, 6) is 0. The Kier molecular flexibility index (Phi) is 3.61. The molecule has 0 bridgehead atoms. The highest BCUT2D eigenvalue weighted by Gasteiger charge is 2.32. The first-order chi connectivity index (χ1) is 6.39. The van der Waals surface area contributed by atoms with Crippen LogP contribution in [0, 0.1) is 0 Å². The fourth-order valence-electron chi connectivity index (χ4n) is 0.787. The molecule has 0 heterocycles. The number of benzene rings is 1. The molecule has 76 valence electrons. The average molecular weight is 285 g/mol. The minimum atomic E-state index is -4.48. The van der Waals surface area contributed by atoms with E-state index in [0.29, 0.717) is 5.56 Å². The van der Waals surface area contributed by atoms with E-state index >= 15 is 0 Å². The van der Waals surface area contributed by atoms with Crippen LogP contribution in [0.5, 0.6) is 0 Å². The molecule has 0 aromatic heterocycles. The molecule has 0 N–H and O–H groups in total. The van der Waals surface area contributed by atoms with Crippen molar-refractivity contribution in [2.24, 2.45) is 0 Å². The molecular formula is C9H5BrClF3. The van der Waals surface area contributed by atoms with Crippen LogP contribution in [0.25, 0.3) is 6.08 Å². The molecule has 1 rings (SSSR count). The highest BCUT2D eigenvalue weighted by molar-refractivity contribution is 9.10. The Balaban J connectivity index is 2.93. The zero-order valence-electron chi connectivity index (χ0n) is 6.78. The quantitative estimate of drug-likeness (QED) is 0.708. The van der Waals surface area contributed by atoms with Crippen LogP contribution in [0.3, 0.4) is 0 Å². The number of allylic oxidation sites excluding steroid dienone is 1. The van der Waals surface area contributed by atoms with E-state index in [-0.39, 0.29) is 0 Å². The molecule has 0 nitrogen and oxygen atoms in total. The lowest BCUT2D eigenvalue weighted by Gasteiger charge is -2.03. The van der Waals surface area contributed by atoms with Crippen molar-refractivity contribution in [3.05, 3.63) is 39.3 Å². The Bertz CT molecular complexity index is 340. The van der Waals surface area contributed by atoms with Gasteiger partial charge in [-0.25, -0.2) is 0 Å². The van der Waals surface area contributed by atoms with Gasteiger partial charge in [-0.05, 0) is 23.8 Å². The van der Waals surface area contributed by atoms with Crippen molar-refractivity contribution in [3.8, 4) is 0 Å². The molecule has 0 unspecified atom stereocenters. The molecule has 0 aliphatic heterocycles. The van der Waals surface area contributed by atoms with Crippen LogP contribution in [0.2, 0.25) is 0 Å². The molecule has 0 amide bonds. The summed E-state index contributed by atoms with van der Waals surface area (Å²) in [6.07, 6.45) is -3.59. The summed E-state index contributed by atoms with van der Waals surface area (Å²) in [6, 6.07) is 6.37. The van der Waals surface area contributed by atoms with Gasteiger partial charge in [-0.1, -0.05) is 39.7 Å². The summed E-state index contributed by atoms with van der Waals surface area (Å²) in [7, 11) is 0. The van der Waals surface area contributed by atoms with E-state index in [1.54, 1.807) is 12.1 Å². The summed E-state index contributed by atoms with van der Waals surface area (Å²) < 4.78 is 36.8. The second kappa shape index (κ2) is 4.36. The van der Waals surface area contributed by atoms with E-state index in [9.17, 15) is 13.2 Å². The monoisotopic (exact) mass is 284 g/mol. The van der Waals surface area contributed by atoms with Gasteiger partial charge in [-0.15, -0.1) is 0 Å². The van der Waals surface area contributed by atoms with Crippen molar-refractivity contribution in [1.29, 1.82) is 0 Å². The lowest BCUT2D eigenvalue weighted by molar-refractivity contribution is -0.0836. The van der Waals surface area contributed by atoms with Crippen molar-refractivity contribution in [2.75, 3.05) is 0 Å². The molecule has 0 saturated heterocycles. The van der Waals surface area contributed by atoms with Crippen LogP contribution in [0.1, 0.15) is 5.56 Å². The SMILES string of the molecule is FC(F)(F)/C(Cl)=C/c1ccc(Br)cc1. The van der Waals surface area contributed by atoms with Crippen LogP contribution in [0.15, 0.2) is 33.8 Å². The molecule has 1 aromatic rings. The van der Waals surface area contributed by atoms with Gasteiger partial charge in [0.05, 0.1) is 0 Å². The zero-order chi connectivity index (χ0) is 10.8. The van der Waals surface area contributed by atoms with E-state index in [0.717, 1.165) is 10.5 Å². The van der Waals surface area contributed by atoms with Crippen molar-refractivity contribution in [2.45, 2.75) is 6.18 Å². The summed E-state index contributed by atoms with van der Waals surface area (Å²) in [5.41, 5.74) is 0.413. The van der Waals surface area contributed by atoms with E-state index < -0.39 is 11.2 Å². The van der Waals surface area contributed by atoms with Gasteiger partial charge in [0.1, 0.15) is 5.03 Å². The van der Waals surface area contributed by atoms with Gasteiger partial charge in [-0.2, -0.15) is 13.2 Å². The van der Waals surface area contributed by atoms with E-state index in [2.05, 4.69) is 15.9 Å². The average Bonchev–Trinajstić information content (AvgIpc) is 2.07. The Morgan fingerprint density at radius 1 is 1.21 bits per heavy atom. The summed E-state index contributed by atoms with van der Waals surface area (Å²) >= 11 is 8.23. The van der Waals surface area contributed by atoms with Crippen molar-refractivity contribution in [1.82, 2.24) is 0 Å². The van der Waals surface area contributed by atoms with Crippen molar-refractivity contribution >= 4 is 33.6 Å². The molecule has 14 heavy (non-hydrogen) atoms. The highest BCUT2D eigenvalue weighted by Crippen LogP contribution is 2.30. The van der Waals surface area contributed by atoms with Gasteiger partial charge in [0.15, 0.2) is 0 Å². The maximum absolute atomic E-state index is 12.0. The maximum atomic E-state index is 12.0. The zero-order valence-corrected chi connectivity index (χ0v) is 9.12. The Hall–Kier alpha value is -0.480. The fourth-order valence-corrected chi connectivity index (χ4v) is 1.18. The Labute approximate surface area is 92.5 Å². The Morgan fingerprint density at radius 2 is 1.71 bits per heavy atom. The first-order valence-corrected chi connectivity index (χ1v) is 4.76. The maximum Gasteiger partial charge on any atom is 0.426 e. The van der Waals surface area contributed by atoms with Gasteiger partial charge < -0.3 is 0 Å². The van der Waals surface area contributed by atoms with Crippen LogP contribution < -0.4 is 0 Å². The first kappa shape index (κ1) is 11.6. The molecule has 0 saturated carbocycles. The molecule has 5 heteroatoms. The summed E-state index contributed by atoms with van der Waals surface area (Å²) in [4.78, 5) is 0. The van der Waals surface area contributed by atoms with Gasteiger partial charge in [-0.3, -0.25) is 0 Å². The lowest BCUT2D eigenvalue weighted by Crippen LogP contribution is -2.06. The first-order valence-electron chi connectivity index (χ1n) is 3.59. The minimum absolute atomic E-state index is 0.413. The second-order valence-electron chi connectivity index (χ2n) is 2.54. The third kappa shape index (κ3) is 3.35. The van der Waals surface area contributed by atoms with Crippen LogP contribution in [-0.4, -0.2) is 6.18 Å². The Morgan fingerprint density at radius 3 is 2.14 bits per heavy atom. The number of halogens is 5. The van der Waals surface area contributed by atoms with Crippen LogP contribution in [-0.2, 0) is 0 Å². The molecule has 0 aliphatic rings. The summed E-state index contributed by atoms with van der Waals surface area (Å²) in [5, 5.41) is -1.13. The smallest absolute Gasteiger partial charge is 0.165 e. The second-order valence-corrected chi connectivity index (χ2v) is 3.86. The third-order valence-electron chi connectivity index (χ3n) is 1.43. The molecule has 0 atom stereocenters. The predicted molar refractivity (Wildman–Crippen MR) is 54.0 cm³/mol. The molecule has 0 radical (unpaired) electrons. The number of hydrogen-bond acceptors (Lipinski definition) is 0. The van der Waals surface area contributed by atoms with Crippen LogP contribution in [0.4, 0.5) is 13.2 Å². The standard InChI is InChI=1S/C9H5BrClF3/c10-7-3-1-6(2-4-7)5-8(11)9(12,13)14/h1-5H/b8-5-.